The highest BCUT2D eigenvalue weighted by atomic mass is 16.5. The van der Waals surface area contributed by atoms with Gasteiger partial charge in [-0.05, 0) is 61.6 Å². The maximum Gasteiger partial charge on any atom is 0.238 e. The summed E-state index contributed by atoms with van der Waals surface area (Å²) in [6, 6.07) is 13.8. The first-order chi connectivity index (χ1) is 17.8. The second-order valence-electron chi connectivity index (χ2n) is 10.0. The predicted molar refractivity (Wildman–Crippen MR) is 135 cm³/mol. The van der Waals surface area contributed by atoms with Gasteiger partial charge in [0.2, 0.25) is 11.8 Å². The van der Waals surface area contributed by atoms with Crippen LogP contribution in [0, 0.1) is 17.8 Å². The number of hydrogen-bond donors (Lipinski definition) is 1. The number of methoxy groups -OCH3 is 1. The number of rotatable bonds is 3. The van der Waals surface area contributed by atoms with Crippen LogP contribution in [0.1, 0.15) is 31.2 Å². The molecule has 4 unspecified atom stereocenters. The van der Waals surface area contributed by atoms with Crippen LogP contribution in [-0.4, -0.2) is 35.6 Å². The summed E-state index contributed by atoms with van der Waals surface area (Å²) in [5.41, 5.74) is 3.15. The molecule has 6 rings (SSSR count). The number of para-hydroxylation sites is 1. The van der Waals surface area contributed by atoms with E-state index in [1.54, 1.807) is 49.4 Å². The molecule has 1 heterocycles. The highest BCUT2D eigenvalue weighted by Gasteiger charge is 2.56. The maximum absolute atomic E-state index is 13.8. The van der Waals surface area contributed by atoms with Crippen molar-refractivity contribution in [1.29, 1.82) is 0 Å². The summed E-state index contributed by atoms with van der Waals surface area (Å²) < 4.78 is 5.20. The Labute approximate surface area is 213 Å². The number of carbonyl (C=O) groups excluding carboxylic acids is 4. The van der Waals surface area contributed by atoms with E-state index in [4.69, 9.17) is 4.74 Å². The molecule has 1 saturated heterocycles. The topological polar surface area (TPSA) is 101 Å². The standard InChI is InChI=1S/C30H25NO6/c1-15-12-22(32)21-14-20-18(25(27(21)28(15)34)16-8-11-24(37-2)23(33)13-16)9-10-19-26(20)30(36)31(29(19)35)17-6-4-3-5-7-17/h3-9,11-13,19-20,25-26,33H,10,14H2,1-2H3. The molecule has 1 aliphatic heterocycles. The average Bonchev–Trinajstić information content (AvgIpc) is 3.16. The van der Waals surface area contributed by atoms with Gasteiger partial charge in [-0.3, -0.25) is 24.1 Å². The molecular weight excluding hydrogens is 470 g/mol. The van der Waals surface area contributed by atoms with Gasteiger partial charge in [-0.25, -0.2) is 0 Å². The number of carbonyl (C=O) groups is 4. The van der Waals surface area contributed by atoms with Gasteiger partial charge < -0.3 is 9.84 Å². The minimum absolute atomic E-state index is 0.0808. The van der Waals surface area contributed by atoms with Gasteiger partial charge in [-0.15, -0.1) is 0 Å². The molecule has 0 aromatic heterocycles. The van der Waals surface area contributed by atoms with Crippen molar-refractivity contribution in [2.24, 2.45) is 17.8 Å². The van der Waals surface area contributed by atoms with E-state index in [1.807, 2.05) is 12.1 Å². The van der Waals surface area contributed by atoms with Crippen LogP contribution < -0.4 is 9.64 Å². The van der Waals surface area contributed by atoms with Crippen LogP contribution in [0.4, 0.5) is 5.69 Å². The summed E-state index contributed by atoms with van der Waals surface area (Å²) in [6.07, 6.45) is 3.91. The number of hydrogen-bond acceptors (Lipinski definition) is 6. The molecule has 4 atom stereocenters. The molecule has 7 heteroatoms. The molecule has 0 bridgehead atoms. The first-order valence-corrected chi connectivity index (χ1v) is 12.3. The number of imide groups is 1. The molecule has 186 valence electrons. The van der Waals surface area contributed by atoms with Crippen LogP contribution in [0.15, 0.2) is 83.0 Å². The van der Waals surface area contributed by atoms with Gasteiger partial charge in [0.05, 0.1) is 24.6 Å². The Balaban J connectivity index is 1.50. The minimum atomic E-state index is -0.633. The number of phenols is 1. The van der Waals surface area contributed by atoms with Crippen molar-refractivity contribution < 1.29 is 29.0 Å². The second-order valence-corrected chi connectivity index (χ2v) is 10.0. The highest BCUT2D eigenvalue weighted by molar-refractivity contribution is 6.25. The van der Waals surface area contributed by atoms with Gasteiger partial charge in [0.1, 0.15) is 0 Å². The van der Waals surface area contributed by atoms with Crippen molar-refractivity contribution in [1.82, 2.24) is 0 Å². The largest absolute Gasteiger partial charge is 0.504 e. The Hall–Kier alpha value is -4.26. The molecular formula is C30H25NO6. The lowest BCUT2D eigenvalue weighted by molar-refractivity contribution is -0.123. The van der Waals surface area contributed by atoms with Gasteiger partial charge >= 0.3 is 0 Å². The molecule has 4 aliphatic rings. The smallest absolute Gasteiger partial charge is 0.238 e. The Bertz CT molecular complexity index is 1480. The molecule has 2 amide bonds. The summed E-state index contributed by atoms with van der Waals surface area (Å²) in [5, 5.41) is 10.5. The van der Waals surface area contributed by atoms with E-state index in [-0.39, 0.29) is 35.6 Å². The number of ether oxygens (including phenoxy) is 1. The number of fused-ring (bicyclic) bond motifs is 3. The summed E-state index contributed by atoms with van der Waals surface area (Å²) in [4.78, 5) is 55.1. The Morgan fingerprint density at radius 1 is 0.973 bits per heavy atom. The number of amides is 2. The molecule has 3 aliphatic carbocycles. The lowest BCUT2D eigenvalue weighted by Gasteiger charge is -2.42. The van der Waals surface area contributed by atoms with Gasteiger partial charge in [0.25, 0.3) is 0 Å². The summed E-state index contributed by atoms with van der Waals surface area (Å²) >= 11 is 0. The molecule has 1 N–H and O–H groups in total. The fourth-order valence-corrected chi connectivity index (χ4v) is 6.46. The van der Waals surface area contributed by atoms with E-state index >= 15 is 0 Å². The van der Waals surface area contributed by atoms with Crippen LogP contribution in [0.5, 0.6) is 11.5 Å². The molecule has 37 heavy (non-hydrogen) atoms. The first kappa shape index (κ1) is 23.2. The van der Waals surface area contributed by atoms with Crippen LogP contribution in [0.2, 0.25) is 0 Å². The number of Topliss-reactive ketones (excluding diaryl/α,β-unsaturated/α-hetero) is 1. The van der Waals surface area contributed by atoms with E-state index in [1.165, 1.54) is 18.1 Å². The normalized spacial score (nSPS) is 26.9. The van der Waals surface area contributed by atoms with Crippen molar-refractivity contribution in [2.45, 2.75) is 25.7 Å². The van der Waals surface area contributed by atoms with Gasteiger partial charge in [-0.1, -0.05) is 35.9 Å². The summed E-state index contributed by atoms with van der Waals surface area (Å²) in [7, 11) is 1.45. The monoisotopic (exact) mass is 495 g/mol. The summed E-state index contributed by atoms with van der Waals surface area (Å²) in [6.45, 7) is 1.63. The van der Waals surface area contributed by atoms with Crippen molar-refractivity contribution in [3.05, 3.63) is 88.5 Å². The third-order valence-corrected chi connectivity index (χ3v) is 8.12. The number of phenolic OH excluding ortho intramolecular Hbond substituents is 1. The third kappa shape index (κ3) is 3.34. The van der Waals surface area contributed by atoms with Crippen LogP contribution in [-0.2, 0) is 19.2 Å². The number of aromatic hydroxyl groups is 1. The zero-order valence-corrected chi connectivity index (χ0v) is 20.4. The predicted octanol–water partition coefficient (Wildman–Crippen LogP) is 4.03. The van der Waals surface area contributed by atoms with E-state index < -0.39 is 23.7 Å². The lowest BCUT2D eigenvalue weighted by Crippen LogP contribution is -2.39. The van der Waals surface area contributed by atoms with E-state index in [0.29, 0.717) is 40.1 Å². The van der Waals surface area contributed by atoms with E-state index in [2.05, 4.69) is 0 Å². The quantitative estimate of drug-likeness (QED) is 0.392. The molecule has 1 fully saturated rings. The fraction of sp³-hybridized carbons (Fsp3) is 0.267. The van der Waals surface area contributed by atoms with E-state index in [0.717, 1.165) is 5.57 Å². The van der Waals surface area contributed by atoms with Crippen molar-refractivity contribution >= 4 is 29.1 Å². The second kappa shape index (κ2) is 8.40. The fourth-order valence-electron chi connectivity index (χ4n) is 6.46. The van der Waals surface area contributed by atoms with Crippen LogP contribution in [0.25, 0.3) is 0 Å². The Kier molecular flexibility index (Phi) is 5.26. The average molecular weight is 496 g/mol. The van der Waals surface area contributed by atoms with Gasteiger partial charge in [0, 0.05) is 22.6 Å². The van der Waals surface area contributed by atoms with Gasteiger partial charge in [0.15, 0.2) is 23.1 Å². The number of nitrogens with zero attached hydrogens (tertiary/aromatic N) is 1. The van der Waals surface area contributed by atoms with Crippen LogP contribution in [0.3, 0.4) is 0 Å². The molecule has 0 radical (unpaired) electrons. The van der Waals surface area contributed by atoms with Crippen LogP contribution >= 0.6 is 0 Å². The zero-order valence-electron chi connectivity index (χ0n) is 20.4. The number of benzene rings is 2. The number of ketones is 2. The summed E-state index contributed by atoms with van der Waals surface area (Å²) in [5.74, 6) is -2.95. The molecule has 0 spiro atoms. The highest BCUT2D eigenvalue weighted by Crippen LogP contribution is 2.55. The SMILES string of the molecule is COc1ccc(C2C3=CCC4C(=O)N(c5ccccc5)C(=O)C4C3CC3=C2C(=O)C(C)=CC3=O)cc1O. The Morgan fingerprint density at radius 3 is 2.43 bits per heavy atom. The first-order valence-electron chi connectivity index (χ1n) is 12.3. The van der Waals surface area contributed by atoms with Crippen molar-refractivity contribution in [3.63, 3.8) is 0 Å². The third-order valence-electron chi connectivity index (χ3n) is 8.12. The van der Waals surface area contributed by atoms with Gasteiger partial charge in [-0.2, -0.15) is 0 Å². The number of anilines is 1. The zero-order chi connectivity index (χ0) is 26.0. The van der Waals surface area contributed by atoms with E-state index in [9.17, 15) is 24.3 Å². The van der Waals surface area contributed by atoms with Crippen molar-refractivity contribution in [3.8, 4) is 11.5 Å². The molecule has 2 aromatic carbocycles. The Morgan fingerprint density at radius 2 is 1.73 bits per heavy atom. The maximum atomic E-state index is 13.8. The van der Waals surface area contributed by atoms with Crippen molar-refractivity contribution in [2.75, 3.05) is 12.0 Å². The number of allylic oxidation sites excluding steroid dienone is 6. The molecule has 2 aromatic rings. The minimum Gasteiger partial charge on any atom is -0.504 e. The lowest BCUT2D eigenvalue weighted by atomic mass is 9.59. The molecule has 0 saturated carbocycles. The molecule has 7 nitrogen and oxygen atoms in total.